The molecular weight excluding hydrogens is 199 g/mol. The third-order valence-corrected chi connectivity index (χ3v) is 1.97. The lowest BCUT2D eigenvalue weighted by molar-refractivity contribution is -0.143. The van der Waals surface area contributed by atoms with Crippen LogP contribution in [0.2, 0.25) is 0 Å². The van der Waals surface area contributed by atoms with Gasteiger partial charge in [-0.05, 0) is 13.0 Å². The fourth-order valence-electron chi connectivity index (χ4n) is 1.24. The highest BCUT2D eigenvalue weighted by atomic mass is 19.4. The fourth-order valence-corrected chi connectivity index (χ4v) is 1.24. The van der Waals surface area contributed by atoms with Crippen LogP contribution in [0.1, 0.15) is 21.7 Å². The van der Waals surface area contributed by atoms with Crippen LogP contribution in [0.3, 0.4) is 0 Å². The summed E-state index contributed by atoms with van der Waals surface area (Å²) in [6.07, 6.45) is -4.64. The largest absolute Gasteiger partial charge is 0.478 e. The molecule has 1 aromatic heterocycles. The molecule has 14 heavy (non-hydrogen) atoms. The Morgan fingerprint density at radius 2 is 2.00 bits per heavy atom. The smallest absolute Gasteiger partial charge is 0.432 e. The van der Waals surface area contributed by atoms with Crippen LogP contribution in [0.5, 0.6) is 0 Å². The average molecular weight is 207 g/mol. The van der Waals surface area contributed by atoms with Gasteiger partial charge in [0.2, 0.25) is 0 Å². The topological polar surface area (TPSA) is 42.2 Å². The number of aryl methyl sites for hydroxylation is 1. The van der Waals surface area contributed by atoms with Crippen molar-refractivity contribution in [2.75, 3.05) is 0 Å². The number of alkyl halides is 3. The maximum Gasteiger partial charge on any atom is 0.432 e. The zero-order chi connectivity index (χ0) is 11.1. The first kappa shape index (κ1) is 10.6. The summed E-state index contributed by atoms with van der Waals surface area (Å²) in [5.74, 6) is -1.57. The molecule has 0 saturated heterocycles. The predicted octanol–water partition coefficient (Wildman–Crippen LogP) is 2.05. The van der Waals surface area contributed by atoms with Crippen molar-refractivity contribution in [1.29, 1.82) is 0 Å². The summed E-state index contributed by atoms with van der Waals surface area (Å²) in [4.78, 5) is 10.5. The third-order valence-electron chi connectivity index (χ3n) is 1.97. The fraction of sp³-hybridized carbons (Fsp3) is 0.375. The Labute approximate surface area is 77.8 Å². The molecule has 3 nitrogen and oxygen atoms in total. The van der Waals surface area contributed by atoms with Crippen LogP contribution < -0.4 is 0 Å². The van der Waals surface area contributed by atoms with E-state index in [1.54, 1.807) is 0 Å². The van der Waals surface area contributed by atoms with E-state index < -0.39 is 23.4 Å². The van der Waals surface area contributed by atoms with Crippen molar-refractivity contribution < 1.29 is 23.1 Å². The Balaban J connectivity index is 3.46. The molecule has 0 aromatic carbocycles. The predicted molar refractivity (Wildman–Crippen MR) is 42.1 cm³/mol. The van der Waals surface area contributed by atoms with Crippen LogP contribution >= 0.6 is 0 Å². The highest BCUT2D eigenvalue weighted by molar-refractivity contribution is 5.89. The Kier molecular flexibility index (Phi) is 2.31. The summed E-state index contributed by atoms with van der Waals surface area (Å²) in [6, 6.07) is 1.01. The molecule has 0 atom stereocenters. The second kappa shape index (κ2) is 3.04. The number of hydrogen-bond acceptors (Lipinski definition) is 1. The number of carboxylic acid groups (broad SMARTS) is 1. The highest BCUT2D eigenvalue weighted by Gasteiger charge is 2.39. The molecule has 0 saturated carbocycles. The van der Waals surface area contributed by atoms with Gasteiger partial charge < -0.3 is 9.67 Å². The molecule has 1 aromatic rings. The number of halogens is 3. The lowest BCUT2D eigenvalue weighted by atomic mass is 10.2. The van der Waals surface area contributed by atoms with Crippen molar-refractivity contribution in [2.24, 2.45) is 7.05 Å². The van der Waals surface area contributed by atoms with E-state index >= 15 is 0 Å². The van der Waals surface area contributed by atoms with Gasteiger partial charge in [-0.15, -0.1) is 0 Å². The van der Waals surface area contributed by atoms with Gasteiger partial charge >= 0.3 is 12.1 Å². The van der Waals surface area contributed by atoms with Crippen molar-refractivity contribution in [3.63, 3.8) is 0 Å². The maximum absolute atomic E-state index is 12.4. The van der Waals surface area contributed by atoms with Crippen LogP contribution in [0.4, 0.5) is 13.2 Å². The summed E-state index contributed by atoms with van der Waals surface area (Å²) in [5.41, 5.74) is -1.57. The van der Waals surface area contributed by atoms with Crippen molar-refractivity contribution >= 4 is 5.97 Å². The molecule has 1 heterocycles. The van der Waals surface area contributed by atoms with Crippen molar-refractivity contribution in [3.8, 4) is 0 Å². The Morgan fingerprint density at radius 3 is 2.29 bits per heavy atom. The normalized spacial score (nSPS) is 11.8. The van der Waals surface area contributed by atoms with Crippen molar-refractivity contribution in [3.05, 3.63) is 23.0 Å². The minimum atomic E-state index is -4.64. The maximum atomic E-state index is 12.4. The van der Waals surface area contributed by atoms with Crippen LogP contribution in [-0.4, -0.2) is 15.6 Å². The number of carboxylic acids is 1. The van der Waals surface area contributed by atoms with Gasteiger partial charge in [0.15, 0.2) is 0 Å². The first-order chi connectivity index (χ1) is 6.25. The van der Waals surface area contributed by atoms with E-state index in [0.717, 1.165) is 10.6 Å². The SMILES string of the molecule is Cc1cc(C(=O)O)c(C(F)(F)F)n1C. The molecule has 6 heteroatoms. The summed E-state index contributed by atoms with van der Waals surface area (Å²) < 4.78 is 38.0. The molecule has 0 unspecified atom stereocenters. The van der Waals surface area contributed by atoms with E-state index in [0.29, 0.717) is 0 Å². The van der Waals surface area contributed by atoms with Crippen molar-refractivity contribution in [1.82, 2.24) is 4.57 Å². The van der Waals surface area contributed by atoms with E-state index in [1.807, 2.05) is 0 Å². The van der Waals surface area contributed by atoms with Gasteiger partial charge in [0, 0.05) is 12.7 Å². The molecule has 0 radical (unpaired) electrons. The van der Waals surface area contributed by atoms with E-state index in [2.05, 4.69) is 0 Å². The van der Waals surface area contributed by atoms with Gasteiger partial charge in [0.1, 0.15) is 5.69 Å². The number of hydrogen-bond donors (Lipinski definition) is 1. The lowest BCUT2D eigenvalue weighted by Gasteiger charge is -2.09. The zero-order valence-electron chi connectivity index (χ0n) is 7.51. The summed E-state index contributed by atoms with van der Waals surface area (Å²) in [6.45, 7) is 1.42. The first-order valence-electron chi connectivity index (χ1n) is 3.72. The molecule has 1 rings (SSSR count). The first-order valence-corrected chi connectivity index (χ1v) is 3.72. The molecule has 1 N–H and O–H groups in total. The lowest BCUT2D eigenvalue weighted by Crippen LogP contribution is -2.16. The molecule has 0 fully saturated rings. The van der Waals surface area contributed by atoms with Gasteiger partial charge in [0.05, 0.1) is 5.56 Å². The molecule has 78 valence electrons. The average Bonchev–Trinajstić information content (AvgIpc) is 2.27. The summed E-state index contributed by atoms with van der Waals surface area (Å²) in [5, 5.41) is 8.55. The van der Waals surface area contributed by atoms with Gasteiger partial charge in [-0.2, -0.15) is 13.2 Å². The second-order valence-electron chi connectivity index (χ2n) is 2.91. The van der Waals surface area contributed by atoms with Crippen LogP contribution in [0, 0.1) is 6.92 Å². The quantitative estimate of drug-likeness (QED) is 0.765. The number of rotatable bonds is 1. The molecule has 0 aliphatic rings. The minimum Gasteiger partial charge on any atom is -0.478 e. The van der Waals surface area contributed by atoms with E-state index in [9.17, 15) is 18.0 Å². The van der Waals surface area contributed by atoms with Crippen molar-refractivity contribution in [2.45, 2.75) is 13.1 Å². The Bertz CT molecular complexity index is 379. The van der Waals surface area contributed by atoms with E-state index in [-0.39, 0.29) is 5.69 Å². The molecule has 0 aliphatic heterocycles. The van der Waals surface area contributed by atoms with Gasteiger partial charge in [-0.3, -0.25) is 0 Å². The second-order valence-corrected chi connectivity index (χ2v) is 2.91. The minimum absolute atomic E-state index is 0.259. The monoisotopic (exact) mass is 207 g/mol. The number of carbonyl (C=O) groups is 1. The standard InChI is InChI=1S/C8H8F3NO2/c1-4-3-5(7(13)14)6(12(4)2)8(9,10)11/h3H,1-2H3,(H,13,14). The molecule has 0 aliphatic carbocycles. The summed E-state index contributed by atoms with van der Waals surface area (Å²) in [7, 11) is 1.19. The number of aromatic nitrogens is 1. The Hall–Kier alpha value is -1.46. The van der Waals surface area contributed by atoms with E-state index in [4.69, 9.17) is 5.11 Å². The molecule has 0 bridgehead atoms. The van der Waals surface area contributed by atoms with Gasteiger partial charge in [-0.1, -0.05) is 0 Å². The van der Waals surface area contributed by atoms with E-state index in [1.165, 1.54) is 14.0 Å². The third kappa shape index (κ3) is 1.59. The number of aromatic carboxylic acids is 1. The summed E-state index contributed by atoms with van der Waals surface area (Å²) >= 11 is 0. The zero-order valence-corrected chi connectivity index (χ0v) is 7.51. The van der Waals surface area contributed by atoms with Crippen LogP contribution in [-0.2, 0) is 13.2 Å². The van der Waals surface area contributed by atoms with Crippen LogP contribution in [0.15, 0.2) is 6.07 Å². The molecule has 0 spiro atoms. The van der Waals surface area contributed by atoms with Gasteiger partial charge in [0.25, 0.3) is 0 Å². The molecule has 0 amide bonds. The highest BCUT2D eigenvalue weighted by Crippen LogP contribution is 2.33. The molecular formula is C8H8F3NO2. The Morgan fingerprint density at radius 1 is 1.50 bits per heavy atom. The van der Waals surface area contributed by atoms with Gasteiger partial charge in [-0.25, -0.2) is 4.79 Å². The van der Waals surface area contributed by atoms with Crippen LogP contribution in [0.25, 0.3) is 0 Å². The number of nitrogens with zero attached hydrogens (tertiary/aromatic N) is 1.